The van der Waals surface area contributed by atoms with Crippen molar-refractivity contribution in [2.45, 2.75) is 106 Å². The van der Waals surface area contributed by atoms with Crippen LogP contribution < -0.4 is 5.32 Å². The molecule has 0 aromatic heterocycles. The lowest BCUT2D eigenvalue weighted by Gasteiger charge is -2.41. The Balaban J connectivity index is 1.57. The topological polar surface area (TPSA) is 102 Å². The van der Waals surface area contributed by atoms with Gasteiger partial charge in [0, 0.05) is 17.3 Å². The third kappa shape index (κ3) is 5.00. The lowest BCUT2D eigenvalue weighted by atomic mass is 9.86. The summed E-state index contributed by atoms with van der Waals surface area (Å²) in [4.78, 5) is 0. The molecule has 0 bridgehead atoms. The van der Waals surface area contributed by atoms with Gasteiger partial charge in [0.2, 0.25) is 0 Å². The Morgan fingerprint density at radius 1 is 1.00 bits per heavy atom. The molecule has 7 heteroatoms. The minimum absolute atomic E-state index is 0.0864. The smallest absolute Gasteiger partial charge is 0.132 e. The van der Waals surface area contributed by atoms with Crippen LogP contribution in [0.3, 0.4) is 0 Å². The summed E-state index contributed by atoms with van der Waals surface area (Å²) in [5.74, 6) is 0.845. The molecule has 158 valence electrons. The van der Waals surface area contributed by atoms with E-state index in [9.17, 15) is 20.4 Å². The molecule has 0 radical (unpaired) electrons. The molecular formula is C20H37NO5S. The van der Waals surface area contributed by atoms with Gasteiger partial charge in [-0.3, -0.25) is 0 Å². The third-order valence-electron chi connectivity index (χ3n) is 6.78. The van der Waals surface area contributed by atoms with E-state index >= 15 is 0 Å². The predicted octanol–water partition coefficient (Wildman–Crippen LogP) is 1.24. The highest BCUT2D eigenvalue weighted by Gasteiger charge is 2.48. The van der Waals surface area contributed by atoms with Crippen molar-refractivity contribution in [3.05, 3.63) is 0 Å². The molecule has 2 unspecified atom stereocenters. The van der Waals surface area contributed by atoms with Crippen LogP contribution in [0.5, 0.6) is 0 Å². The van der Waals surface area contributed by atoms with Crippen molar-refractivity contribution in [2.75, 3.05) is 6.61 Å². The Labute approximate surface area is 167 Å². The van der Waals surface area contributed by atoms with Crippen LogP contribution in [-0.4, -0.2) is 74.2 Å². The third-order valence-corrected chi connectivity index (χ3v) is 8.59. The Morgan fingerprint density at radius 3 is 2.30 bits per heavy atom. The maximum atomic E-state index is 10.4. The summed E-state index contributed by atoms with van der Waals surface area (Å²) in [6.45, 7) is 6.46. The fourth-order valence-corrected chi connectivity index (χ4v) is 6.56. The van der Waals surface area contributed by atoms with E-state index in [1.54, 1.807) is 0 Å². The monoisotopic (exact) mass is 403 g/mol. The second kappa shape index (κ2) is 8.86. The van der Waals surface area contributed by atoms with E-state index in [4.69, 9.17) is 4.74 Å². The van der Waals surface area contributed by atoms with Crippen LogP contribution in [0.15, 0.2) is 0 Å². The number of hydrogen-bond donors (Lipinski definition) is 5. The molecule has 27 heavy (non-hydrogen) atoms. The molecule has 3 rings (SSSR count). The van der Waals surface area contributed by atoms with Crippen molar-refractivity contribution in [1.29, 1.82) is 0 Å². The van der Waals surface area contributed by atoms with Gasteiger partial charge in [0.05, 0.1) is 6.61 Å². The molecule has 0 spiro atoms. The lowest BCUT2D eigenvalue weighted by molar-refractivity contribution is -0.205. The number of rotatable bonds is 5. The Hall–Kier alpha value is 0.110. The van der Waals surface area contributed by atoms with E-state index < -0.39 is 29.9 Å². The van der Waals surface area contributed by atoms with E-state index in [-0.39, 0.29) is 17.3 Å². The average Bonchev–Trinajstić information content (AvgIpc) is 2.90. The fraction of sp³-hybridized carbons (Fsp3) is 1.00. The molecule has 1 aliphatic heterocycles. The van der Waals surface area contributed by atoms with Crippen molar-refractivity contribution >= 4 is 11.8 Å². The molecule has 1 heterocycles. The van der Waals surface area contributed by atoms with Gasteiger partial charge in [-0.05, 0) is 49.9 Å². The molecule has 7 atom stereocenters. The predicted molar refractivity (Wildman–Crippen MR) is 107 cm³/mol. The number of hydrogen-bond acceptors (Lipinski definition) is 7. The van der Waals surface area contributed by atoms with Gasteiger partial charge in [0.15, 0.2) is 0 Å². The normalized spacial score (nSPS) is 47.9. The Morgan fingerprint density at radius 2 is 1.67 bits per heavy atom. The van der Waals surface area contributed by atoms with Crippen molar-refractivity contribution < 1.29 is 25.2 Å². The molecule has 3 fully saturated rings. The van der Waals surface area contributed by atoms with Crippen LogP contribution in [0.2, 0.25) is 0 Å². The van der Waals surface area contributed by atoms with Crippen molar-refractivity contribution in [2.24, 2.45) is 11.3 Å². The van der Waals surface area contributed by atoms with E-state index in [0.717, 1.165) is 18.8 Å². The molecule has 0 aromatic rings. The highest BCUT2D eigenvalue weighted by molar-refractivity contribution is 8.00. The largest absolute Gasteiger partial charge is 0.394 e. The van der Waals surface area contributed by atoms with Gasteiger partial charge in [0.1, 0.15) is 29.9 Å². The summed E-state index contributed by atoms with van der Waals surface area (Å²) in [5.41, 5.74) is -0.553. The Kier molecular flexibility index (Phi) is 7.16. The second-order valence-corrected chi connectivity index (χ2v) is 10.9. The van der Waals surface area contributed by atoms with Crippen LogP contribution >= 0.6 is 11.8 Å². The minimum Gasteiger partial charge on any atom is -0.394 e. The van der Waals surface area contributed by atoms with Gasteiger partial charge in [-0.2, -0.15) is 0 Å². The summed E-state index contributed by atoms with van der Waals surface area (Å²) in [5, 5.41) is 43.9. The van der Waals surface area contributed by atoms with Gasteiger partial charge < -0.3 is 30.5 Å². The lowest BCUT2D eigenvalue weighted by Crippen LogP contribution is -2.58. The standard InChI is InChI=1S/C20H37NO5S/c1-11-4-6-12(7-5-11)21-13-8-15(20(2,3)9-13)27-19-18(25)17(24)16(23)14(10-22)26-19/h11-19,21-25H,4-10H2,1-3H3/t11?,12?,13?,14-,15?,16+,17+,18-,19+/m1/s1. The first kappa shape index (κ1) is 21.8. The van der Waals surface area contributed by atoms with Crippen LogP contribution in [0.1, 0.15) is 59.3 Å². The molecule has 3 aliphatic rings. The van der Waals surface area contributed by atoms with Gasteiger partial charge in [-0.1, -0.05) is 20.8 Å². The van der Waals surface area contributed by atoms with Crippen LogP contribution in [-0.2, 0) is 4.74 Å². The maximum Gasteiger partial charge on any atom is 0.132 e. The summed E-state index contributed by atoms with van der Waals surface area (Å²) >= 11 is 1.54. The van der Waals surface area contributed by atoms with Gasteiger partial charge in [-0.25, -0.2) is 0 Å². The molecule has 2 aliphatic carbocycles. The zero-order chi connectivity index (χ0) is 19.8. The van der Waals surface area contributed by atoms with Crippen LogP contribution in [0, 0.1) is 11.3 Å². The van der Waals surface area contributed by atoms with Crippen LogP contribution in [0.25, 0.3) is 0 Å². The first-order chi connectivity index (χ1) is 12.7. The SMILES string of the molecule is CC1CCC(NC2CC(S[C@@H]3O[C@H](CO)[C@H](O)[C@H](O)[C@H]3O)C(C)(C)C2)CC1. The summed E-state index contributed by atoms with van der Waals surface area (Å²) in [6, 6.07) is 1.07. The van der Waals surface area contributed by atoms with E-state index in [1.807, 2.05) is 0 Å². The molecule has 2 saturated carbocycles. The summed E-state index contributed by atoms with van der Waals surface area (Å²) < 4.78 is 5.72. The molecule has 0 aromatic carbocycles. The molecule has 5 N–H and O–H groups in total. The van der Waals surface area contributed by atoms with Crippen molar-refractivity contribution in [1.82, 2.24) is 5.32 Å². The highest BCUT2D eigenvalue weighted by atomic mass is 32.2. The Bertz CT molecular complexity index is 483. The van der Waals surface area contributed by atoms with Crippen LogP contribution in [0.4, 0.5) is 0 Å². The van der Waals surface area contributed by atoms with E-state index in [1.165, 1.54) is 37.4 Å². The number of nitrogens with one attached hydrogen (secondary N) is 1. The van der Waals surface area contributed by atoms with Gasteiger partial charge >= 0.3 is 0 Å². The molecular weight excluding hydrogens is 366 g/mol. The molecule has 6 nitrogen and oxygen atoms in total. The first-order valence-corrected chi connectivity index (χ1v) is 11.4. The quantitative estimate of drug-likeness (QED) is 0.471. The fourth-order valence-electron chi connectivity index (χ4n) is 4.90. The van der Waals surface area contributed by atoms with E-state index in [0.29, 0.717) is 12.1 Å². The van der Waals surface area contributed by atoms with Crippen molar-refractivity contribution in [3.63, 3.8) is 0 Å². The summed E-state index contributed by atoms with van der Waals surface area (Å²) in [7, 11) is 0. The zero-order valence-corrected chi connectivity index (χ0v) is 17.6. The average molecular weight is 404 g/mol. The highest BCUT2D eigenvalue weighted by Crippen LogP contribution is 2.48. The minimum atomic E-state index is -1.30. The van der Waals surface area contributed by atoms with E-state index in [2.05, 4.69) is 26.1 Å². The van der Waals surface area contributed by atoms with Crippen molar-refractivity contribution in [3.8, 4) is 0 Å². The summed E-state index contributed by atoms with van der Waals surface area (Å²) in [6.07, 6.45) is 2.61. The number of aliphatic hydroxyl groups is 4. The number of aliphatic hydroxyl groups excluding tert-OH is 4. The number of thioether (sulfide) groups is 1. The van der Waals surface area contributed by atoms with Gasteiger partial charge in [0.25, 0.3) is 0 Å². The molecule has 0 amide bonds. The number of ether oxygens (including phenoxy) is 1. The van der Waals surface area contributed by atoms with Gasteiger partial charge in [-0.15, -0.1) is 11.8 Å². The maximum absolute atomic E-state index is 10.4. The zero-order valence-electron chi connectivity index (χ0n) is 16.8. The first-order valence-electron chi connectivity index (χ1n) is 10.4. The second-order valence-electron chi connectivity index (χ2n) is 9.57. The molecule has 1 saturated heterocycles.